The Kier molecular flexibility index (Phi) is 4.78. The maximum Gasteiger partial charge on any atom is 0.344 e. The lowest BCUT2D eigenvalue weighted by Gasteiger charge is -2.09. The molecule has 3 aromatic rings. The van der Waals surface area contributed by atoms with E-state index in [1.807, 2.05) is 12.1 Å². The molecule has 2 aliphatic rings. The molecular weight excluding hydrogens is 388 g/mol. The highest BCUT2D eigenvalue weighted by Crippen LogP contribution is 2.34. The van der Waals surface area contributed by atoms with Crippen LogP contribution in [0.1, 0.15) is 34.5 Å². The van der Waals surface area contributed by atoms with Crippen molar-refractivity contribution in [2.75, 3.05) is 20.0 Å². The number of ether oxygens (including phenoxy) is 4. The molecule has 2 heterocycles. The molecule has 0 saturated carbocycles. The first-order valence-electron chi connectivity index (χ1n) is 9.93. The summed E-state index contributed by atoms with van der Waals surface area (Å²) < 4.78 is 27.0. The SMILES string of the molecule is O=C(COc1ccc2oc3c(c2c1)CCCC3)OCC(=O)c1ccc2c(c1)OCO2. The van der Waals surface area contributed by atoms with Gasteiger partial charge in [-0.25, -0.2) is 4.79 Å². The van der Waals surface area contributed by atoms with E-state index in [1.165, 1.54) is 5.56 Å². The van der Waals surface area contributed by atoms with Gasteiger partial charge >= 0.3 is 5.97 Å². The van der Waals surface area contributed by atoms with Crippen LogP contribution in [0.15, 0.2) is 40.8 Å². The average molecular weight is 408 g/mol. The number of aryl methyl sites for hydroxylation is 2. The van der Waals surface area contributed by atoms with E-state index in [0.717, 1.165) is 42.4 Å². The van der Waals surface area contributed by atoms with E-state index >= 15 is 0 Å². The minimum Gasteiger partial charge on any atom is -0.482 e. The van der Waals surface area contributed by atoms with Crippen LogP contribution in [-0.4, -0.2) is 31.8 Å². The van der Waals surface area contributed by atoms with Crippen LogP contribution in [0.5, 0.6) is 17.2 Å². The van der Waals surface area contributed by atoms with Crippen LogP contribution in [0.2, 0.25) is 0 Å². The molecule has 1 aromatic heterocycles. The molecule has 7 nitrogen and oxygen atoms in total. The molecule has 2 aromatic carbocycles. The minimum absolute atomic E-state index is 0.132. The highest BCUT2D eigenvalue weighted by molar-refractivity contribution is 5.98. The fourth-order valence-electron chi connectivity index (χ4n) is 3.81. The van der Waals surface area contributed by atoms with Gasteiger partial charge in [-0.3, -0.25) is 4.79 Å². The molecule has 30 heavy (non-hydrogen) atoms. The van der Waals surface area contributed by atoms with Crippen molar-refractivity contribution in [3.8, 4) is 17.2 Å². The fraction of sp³-hybridized carbons (Fsp3) is 0.304. The summed E-state index contributed by atoms with van der Waals surface area (Å²) in [6.45, 7) is -0.511. The molecule has 0 amide bonds. The number of fused-ring (bicyclic) bond motifs is 4. The van der Waals surface area contributed by atoms with Crippen molar-refractivity contribution in [2.45, 2.75) is 25.7 Å². The normalized spacial score (nSPS) is 14.4. The highest BCUT2D eigenvalue weighted by Gasteiger charge is 2.19. The number of carbonyl (C=O) groups is 2. The summed E-state index contributed by atoms with van der Waals surface area (Å²) in [6, 6.07) is 10.4. The molecular formula is C23H20O7. The quantitative estimate of drug-likeness (QED) is 0.452. The third-order valence-corrected chi connectivity index (χ3v) is 5.34. The highest BCUT2D eigenvalue weighted by atomic mass is 16.7. The number of esters is 1. The Balaban J connectivity index is 1.17. The van der Waals surface area contributed by atoms with Crippen LogP contribution < -0.4 is 14.2 Å². The van der Waals surface area contributed by atoms with Gasteiger partial charge in [-0.05, 0) is 55.7 Å². The Morgan fingerprint density at radius 3 is 2.73 bits per heavy atom. The van der Waals surface area contributed by atoms with E-state index in [1.54, 1.807) is 24.3 Å². The van der Waals surface area contributed by atoms with Gasteiger partial charge in [-0.15, -0.1) is 0 Å². The third kappa shape index (κ3) is 3.58. The van der Waals surface area contributed by atoms with Gasteiger partial charge in [0.1, 0.15) is 17.1 Å². The van der Waals surface area contributed by atoms with Crippen LogP contribution >= 0.6 is 0 Å². The molecule has 1 aliphatic heterocycles. The number of Topliss-reactive ketones (excluding diaryl/α,β-unsaturated/α-hetero) is 1. The van der Waals surface area contributed by atoms with Crippen LogP contribution in [0.4, 0.5) is 0 Å². The zero-order chi connectivity index (χ0) is 20.5. The Morgan fingerprint density at radius 1 is 0.933 bits per heavy atom. The smallest absolute Gasteiger partial charge is 0.344 e. The molecule has 154 valence electrons. The molecule has 0 bridgehead atoms. The molecule has 7 heteroatoms. The molecule has 0 atom stereocenters. The molecule has 1 aliphatic carbocycles. The number of ketones is 1. The van der Waals surface area contributed by atoms with E-state index in [0.29, 0.717) is 22.8 Å². The molecule has 5 rings (SSSR count). The predicted molar refractivity (Wildman–Crippen MR) is 106 cm³/mol. The average Bonchev–Trinajstić information content (AvgIpc) is 3.39. The van der Waals surface area contributed by atoms with Crippen molar-refractivity contribution in [3.63, 3.8) is 0 Å². The van der Waals surface area contributed by atoms with Crippen LogP contribution in [-0.2, 0) is 22.4 Å². The van der Waals surface area contributed by atoms with Crippen LogP contribution in [0.25, 0.3) is 11.0 Å². The second-order valence-corrected chi connectivity index (χ2v) is 7.31. The van der Waals surface area contributed by atoms with E-state index in [2.05, 4.69) is 0 Å². The van der Waals surface area contributed by atoms with E-state index in [4.69, 9.17) is 23.4 Å². The number of benzene rings is 2. The summed E-state index contributed by atoms with van der Waals surface area (Å²) in [6.07, 6.45) is 4.25. The lowest BCUT2D eigenvalue weighted by Crippen LogP contribution is -2.19. The Labute approximate surface area is 172 Å². The van der Waals surface area contributed by atoms with Gasteiger partial charge in [-0.1, -0.05) is 0 Å². The first-order valence-corrected chi connectivity index (χ1v) is 9.93. The number of carbonyl (C=O) groups excluding carboxylic acids is 2. The van der Waals surface area contributed by atoms with Crippen molar-refractivity contribution in [3.05, 3.63) is 53.3 Å². The zero-order valence-electron chi connectivity index (χ0n) is 16.3. The van der Waals surface area contributed by atoms with E-state index < -0.39 is 5.97 Å². The molecule has 0 N–H and O–H groups in total. The summed E-state index contributed by atoms with van der Waals surface area (Å²) in [5.74, 6) is 1.78. The Morgan fingerprint density at radius 2 is 1.80 bits per heavy atom. The summed E-state index contributed by atoms with van der Waals surface area (Å²) in [7, 11) is 0. The minimum atomic E-state index is -0.613. The monoisotopic (exact) mass is 408 g/mol. The van der Waals surface area contributed by atoms with Gasteiger partial charge in [0.15, 0.2) is 30.5 Å². The third-order valence-electron chi connectivity index (χ3n) is 5.34. The largest absolute Gasteiger partial charge is 0.482 e. The summed E-state index contributed by atoms with van der Waals surface area (Å²) in [5, 5.41) is 1.04. The maximum atomic E-state index is 12.3. The molecule has 0 spiro atoms. The summed E-state index contributed by atoms with van der Waals surface area (Å²) in [4.78, 5) is 24.3. The van der Waals surface area contributed by atoms with Crippen molar-refractivity contribution in [1.29, 1.82) is 0 Å². The zero-order valence-corrected chi connectivity index (χ0v) is 16.3. The van der Waals surface area contributed by atoms with Gasteiger partial charge in [0.2, 0.25) is 6.79 Å². The second kappa shape index (κ2) is 7.74. The first kappa shape index (κ1) is 18.5. The first-order chi connectivity index (χ1) is 14.7. The second-order valence-electron chi connectivity index (χ2n) is 7.31. The molecule has 0 saturated heterocycles. The van der Waals surface area contributed by atoms with Crippen LogP contribution in [0.3, 0.4) is 0 Å². The van der Waals surface area contributed by atoms with Gasteiger partial charge in [0.25, 0.3) is 0 Å². The lowest BCUT2D eigenvalue weighted by molar-refractivity contribution is -0.144. The summed E-state index contributed by atoms with van der Waals surface area (Å²) in [5.41, 5.74) is 2.47. The van der Waals surface area contributed by atoms with Crippen molar-refractivity contribution >= 4 is 22.7 Å². The lowest BCUT2D eigenvalue weighted by atomic mass is 9.96. The molecule has 0 radical (unpaired) electrons. The molecule has 0 fully saturated rings. The predicted octanol–water partition coefficient (Wildman–Crippen LogP) is 3.85. The van der Waals surface area contributed by atoms with E-state index in [-0.39, 0.29) is 25.8 Å². The standard InChI is InChI=1S/C23H20O7/c24-18(14-5-7-21-22(9-14)29-13-28-21)11-27-23(25)12-26-15-6-8-20-17(10-15)16-3-1-2-4-19(16)30-20/h5-10H,1-4,11-13H2. The Bertz CT molecular complexity index is 1130. The summed E-state index contributed by atoms with van der Waals surface area (Å²) >= 11 is 0. The number of hydrogen-bond acceptors (Lipinski definition) is 7. The Hall–Kier alpha value is -3.48. The topological polar surface area (TPSA) is 84.2 Å². The van der Waals surface area contributed by atoms with Crippen molar-refractivity contribution in [2.24, 2.45) is 0 Å². The maximum absolute atomic E-state index is 12.3. The van der Waals surface area contributed by atoms with Gasteiger partial charge in [-0.2, -0.15) is 0 Å². The van der Waals surface area contributed by atoms with Crippen molar-refractivity contribution < 1.29 is 33.0 Å². The van der Waals surface area contributed by atoms with Gasteiger partial charge < -0.3 is 23.4 Å². The molecule has 0 unspecified atom stereocenters. The number of furan rings is 1. The fourth-order valence-corrected chi connectivity index (χ4v) is 3.81. The van der Waals surface area contributed by atoms with Crippen LogP contribution in [0, 0.1) is 0 Å². The van der Waals surface area contributed by atoms with Gasteiger partial charge in [0, 0.05) is 22.9 Å². The van der Waals surface area contributed by atoms with E-state index in [9.17, 15) is 9.59 Å². The number of hydrogen-bond donors (Lipinski definition) is 0. The van der Waals surface area contributed by atoms with Gasteiger partial charge in [0.05, 0.1) is 0 Å². The number of rotatable bonds is 6. The van der Waals surface area contributed by atoms with Crippen molar-refractivity contribution in [1.82, 2.24) is 0 Å².